The van der Waals surface area contributed by atoms with Gasteiger partial charge in [0.25, 0.3) is 11.5 Å². The summed E-state index contributed by atoms with van der Waals surface area (Å²) >= 11 is 0. The highest BCUT2D eigenvalue weighted by Crippen LogP contribution is 2.51. The standard InChI is InChI=1S/C27H37FN6O3/c1-31(2)27-10-8-26(9-11-27,17-33-14-12-32(3)13-15-33)18-34-24(37)22(35)21(30-25(27)34)23(36)29-16-19-4-6-20(28)7-5-19/h4-7,35H,8-18H2,1-3H3,(H,29,36). The molecule has 1 amide bonds. The molecule has 37 heavy (non-hydrogen) atoms. The van der Waals surface area contributed by atoms with Crippen LogP contribution >= 0.6 is 0 Å². The molecule has 4 aliphatic rings. The molecular weight excluding hydrogens is 475 g/mol. The molecule has 200 valence electrons. The number of nitrogens with zero attached hydrogens (tertiary/aromatic N) is 5. The fourth-order valence-corrected chi connectivity index (χ4v) is 6.32. The van der Waals surface area contributed by atoms with E-state index in [0.29, 0.717) is 17.9 Å². The Bertz CT molecular complexity index is 1210. The summed E-state index contributed by atoms with van der Waals surface area (Å²) in [5, 5.41) is 13.6. The van der Waals surface area contributed by atoms with E-state index in [-0.39, 0.29) is 23.5 Å². The molecule has 1 saturated heterocycles. The van der Waals surface area contributed by atoms with Gasteiger partial charge < -0.3 is 20.2 Å². The molecule has 10 heteroatoms. The van der Waals surface area contributed by atoms with E-state index in [2.05, 4.69) is 27.1 Å². The number of amides is 1. The van der Waals surface area contributed by atoms with Crippen molar-refractivity contribution < 1.29 is 14.3 Å². The highest BCUT2D eigenvalue weighted by Gasteiger charge is 2.52. The van der Waals surface area contributed by atoms with E-state index in [1.165, 1.54) is 12.1 Å². The number of carbonyl (C=O) groups excluding carboxylic acids is 1. The van der Waals surface area contributed by atoms with Gasteiger partial charge in [-0.15, -0.1) is 0 Å². The van der Waals surface area contributed by atoms with Crippen molar-refractivity contribution in [2.24, 2.45) is 5.41 Å². The molecule has 1 aliphatic carbocycles. The third-order valence-electron chi connectivity index (χ3n) is 8.79. The van der Waals surface area contributed by atoms with Crippen LogP contribution < -0.4 is 10.9 Å². The highest BCUT2D eigenvalue weighted by molar-refractivity contribution is 5.94. The van der Waals surface area contributed by atoms with Gasteiger partial charge in [0.2, 0.25) is 5.75 Å². The van der Waals surface area contributed by atoms with Crippen molar-refractivity contribution in [3.8, 4) is 5.75 Å². The molecule has 0 unspecified atom stereocenters. The largest absolute Gasteiger partial charge is 0.501 e. The zero-order valence-electron chi connectivity index (χ0n) is 22.0. The summed E-state index contributed by atoms with van der Waals surface area (Å²) in [6.45, 7) is 5.62. The maximum Gasteiger partial charge on any atom is 0.296 e. The lowest BCUT2D eigenvalue weighted by Crippen LogP contribution is -2.51. The molecule has 2 bridgehead atoms. The van der Waals surface area contributed by atoms with Gasteiger partial charge in [-0.2, -0.15) is 0 Å². The van der Waals surface area contributed by atoms with Crippen molar-refractivity contribution in [1.82, 2.24) is 29.6 Å². The Labute approximate surface area is 216 Å². The molecule has 2 aromatic rings. The number of fused-ring (bicyclic) bond motifs is 2. The van der Waals surface area contributed by atoms with E-state index >= 15 is 0 Å². The minimum atomic E-state index is -0.623. The Morgan fingerprint density at radius 3 is 2.38 bits per heavy atom. The number of hydrogen-bond acceptors (Lipinski definition) is 7. The van der Waals surface area contributed by atoms with Crippen molar-refractivity contribution in [3.63, 3.8) is 0 Å². The zero-order chi connectivity index (χ0) is 26.4. The minimum absolute atomic E-state index is 0.0784. The number of aromatic hydroxyl groups is 1. The lowest BCUT2D eigenvalue weighted by Gasteiger charge is -2.47. The van der Waals surface area contributed by atoms with Crippen molar-refractivity contribution in [1.29, 1.82) is 0 Å². The Morgan fingerprint density at radius 2 is 1.76 bits per heavy atom. The van der Waals surface area contributed by atoms with Crippen LogP contribution in [0.2, 0.25) is 0 Å². The van der Waals surface area contributed by atoms with Gasteiger partial charge in [0.1, 0.15) is 11.6 Å². The Balaban J connectivity index is 1.47. The summed E-state index contributed by atoms with van der Waals surface area (Å²) in [6.07, 6.45) is 3.57. The van der Waals surface area contributed by atoms with Crippen LogP contribution in [0.3, 0.4) is 0 Å². The van der Waals surface area contributed by atoms with Gasteiger partial charge in [0, 0.05) is 51.2 Å². The molecule has 0 atom stereocenters. The minimum Gasteiger partial charge on any atom is -0.501 e. The highest BCUT2D eigenvalue weighted by atomic mass is 19.1. The second kappa shape index (κ2) is 9.81. The summed E-state index contributed by atoms with van der Waals surface area (Å²) in [5.74, 6) is -1.04. The molecule has 1 aromatic heterocycles. The van der Waals surface area contributed by atoms with Crippen molar-refractivity contribution in [2.75, 3.05) is 53.9 Å². The van der Waals surface area contributed by atoms with Crippen LogP contribution in [-0.2, 0) is 18.6 Å². The molecule has 4 heterocycles. The van der Waals surface area contributed by atoms with Crippen LogP contribution in [0.5, 0.6) is 5.75 Å². The number of nitrogens with one attached hydrogen (secondary N) is 1. The van der Waals surface area contributed by atoms with Gasteiger partial charge in [-0.3, -0.25) is 19.1 Å². The molecule has 6 rings (SSSR count). The first-order valence-electron chi connectivity index (χ1n) is 13.1. The van der Waals surface area contributed by atoms with E-state index in [1.54, 1.807) is 16.7 Å². The molecular formula is C27H37FN6O3. The fraction of sp³-hybridized carbons (Fsp3) is 0.593. The third-order valence-corrected chi connectivity index (χ3v) is 8.79. The van der Waals surface area contributed by atoms with E-state index in [0.717, 1.165) is 58.4 Å². The molecule has 0 spiro atoms. The first-order valence-corrected chi connectivity index (χ1v) is 13.1. The summed E-state index contributed by atoms with van der Waals surface area (Å²) < 4.78 is 14.9. The van der Waals surface area contributed by atoms with Gasteiger partial charge in [-0.1, -0.05) is 12.1 Å². The quantitative estimate of drug-likeness (QED) is 0.607. The average Bonchev–Trinajstić information content (AvgIpc) is 3.11. The number of likely N-dealkylation sites (N-methyl/N-ethyl adjacent to an activating group) is 1. The van der Waals surface area contributed by atoms with Gasteiger partial charge in [-0.05, 0) is 64.5 Å². The van der Waals surface area contributed by atoms with Gasteiger partial charge in [-0.25, -0.2) is 9.37 Å². The molecule has 2 fully saturated rings. The van der Waals surface area contributed by atoms with E-state index in [4.69, 9.17) is 4.98 Å². The van der Waals surface area contributed by atoms with Crippen molar-refractivity contribution in [2.45, 2.75) is 44.3 Å². The second-order valence-electron chi connectivity index (χ2n) is 11.3. The van der Waals surface area contributed by atoms with Crippen LogP contribution in [0.1, 0.15) is 47.6 Å². The van der Waals surface area contributed by atoms with Gasteiger partial charge in [0.05, 0.1) is 5.54 Å². The first-order chi connectivity index (χ1) is 17.6. The molecule has 9 nitrogen and oxygen atoms in total. The maximum atomic E-state index is 13.6. The SMILES string of the molecule is CN1CCN(CC23CCC(N(C)C)(CC2)c2nc(C(=O)NCc4ccc(F)cc4)c(O)c(=O)n2C3)CC1. The lowest BCUT2D eigenvalue weighted by atomic mass is 9.67. The lowest BCUT2D eigenvalue weighted by molar-refractivity contribution is 0.0141. The Hall–Kier alpha value is -2.82. The molecule has 2 N–H and O–H groups in total. The molecule has 1 aromatic carbocycles. The molecule has 0 radical (unpaired) electrons. The predicted octanol–water partition coefficient (Wildman–Crippen LogP) is 1.60. The first kappa shape index (κ1) is 25.8. The number of rotatable bonds is 6. The van der Waals surface area contributed by atoms with Crippen LogP contribution in [-0.4, -0.2) is 89.1 Å². The molecule has 1 saturated carbocycles. The second-order valence-corrected chi connectivity index (χ2v) is 11.3. The number of hydrogen-bond donors (Lipinski definition) is 2. The third kappa shape index (κ3) is 4.78. The summed E-state index contributed by atoms with van der Waals surface area (Å²) in [7, 11) is 6.14. The van der Waals surface area contributed by atoms with Crippen molar-refractivity contribution in [3.05, 3.63) is 57.5 Å². The topological polar surface area (TPSA) is 93.9 Å². The van der Waals surface area contributed by atoms with Gasteiger partial charge in [0.15, 0.2) is 5.69 Å². The van der Waals surface area contributed by atoms with Crippen LogP contribution in [0.15, 0.2) is 29.1 Å². The van der Waals surface area contributed by atoms with Crippen LogP contribution in [0.4, 0.5) is 4.39 Å². The van der Waals surface area contributed by atoms with E-state index in [1.807, 2.05) is 14.1 Å². The summed E-state index contributed by atoms with van der Waals surface area (Å²) in [6, 6.07) is 5.80. The van der Waals surface area contributed by atoms with Gasteiger partial charge >= 0.3 is 0 Å². The van der Waals surface area contributed by atoms with Crippen LogP contribution in [0.25, 0.3) is 0 Å². The predicted molar refractivity (Wildman–Crippen MR) is 138 cm³/mol. The number of aromatic nitrogens is 2. The maximum absolute atomic E-state index is 13.6. The number of carbonyl (C=O) groups is 1. The van der Waals surface area contributed by atoms with Crippen LogP contribution in [0, 0.1) is 11.2 Å². The number of benzene rings is 1. The average molecular weight is 513 g/mol. The van der Waals surface area contributed by atoms with Crippen molar-refractivity contribution >= 4 is 5.91 Å². The summed E-state index contributed by atoms with van der Waals surface area (Å²) in [5.41, 5.74) is -0.672. The Morgan fingerprint density at radius 1 is 1.11 bits per heavy atom. The summed E-state index contributed by atoms with van der Waals surface area (Å²) in [4.78, 5) is 38.3. The zero-order valence-corrected chi connectivity index (χ0v) is 22.0. The Kier molecular flexibility index (Phi) is 6.84. The number of halogens is 1. The normalized spacial score (nSPS) is 26.2. The monoisotopic (exact) mass is 512 g/mol. The fourth-order valence-electron chi connectivity index (χ4n) is 6.32. The number of piperazine rings is 1. The smallest absolute Gasteiger partial charge is 0.296 e. The molecule has 3 aliphatic heterocycles. The van der Waals surface area contributed by atoms with E-state index in [9.17, 15) is 19.1 Å². The van der Waals surface area contributed by atoms with E-state index < -0.39 is 22.8 Å².